The molecule has 1 aliphatic heterocycles. The summed E-state index contributed by atoms with van der Waals surface area (Å²) < 4.78 is 5.99. The SMILES string of the molecule is Cc1ccc(C(=O)NC[C@H](C)Oc2ccc(CN3CCC(c4ccccc4)CC3)cc2)s1. The second-order valence-electron chi connectivity index (χ2n) is 8.65. The normalized spacial score (nSPS) is 15.9. The first kappa shape index (κ1) is 22.6. The molecule has 32 heavy (non-hydrogen) atoms. The van der Waals surface area contributed by atoms with E-state index in [1.54, 1.807) is 0 Å². The number of amides is 1. The van der Waals surface area contributed by atoms with Crippen molar-refractivity contribution in [2.24, 2.45) is 0 Å². The number of hydrogen-bond acceptors (Lipinski definition) is 4. The van der Waals surface area contributed by atoms with Crippen molar-refractivity contribution in [1.29, 1.82) is 0 Å². The summed E-state index contributed by atoms with van der Waals surface area (Å²) in [7, 11) is 0. The van der Waals surface area contributed by atoms with Crippen LogP contribution < -0.4 is 10.1 Å². The maximum absolute atomic E-state index is 12.2. The maximum Gasteiger partial charge on any atom is 0.261 e. The lowest BCUT2D eigenvalue weighted by Crippen LogP contribution is -2.33. The fourth-order valence-electron chi connectivity index (χ4n) is 4.24. The molecule has 1 atom stereocenters. The van der Waals surface area contributed by atoms with Gasteiger partial charge in [0.15, 0.2) is 0 Å². The van der Waals surface area contributed by atoms with Gasteiger partial charge in [0.1, 0.15) is 11.9 Å². The molecule has 4 rings (SSSR count). The van der Waals surface area contributed by atoms with E-state index >= 15 is 0 Å². The quantitative estimate of drug-likeness (QED) is 0.485. The average Bonchev–Trinajstić information content (AvgIpc) is 3.26. The minimum atomic E-state index is -0.0946. The van der Waals surface area contributed by atoms with E-state index in [1.807, 2.05) is 38.1 Å². The first-order chi connectivity index (χ1) is 15.6. The van der Waals surface area contributed by atoms with Crippen molar-refractivity contribution in [2.45, 2.75) is 45.3 Å². The topological polar surface area (TPSA) is 41.6 Å². The van der Waals surface area contributed by atoms with E-state index in [0.29, 0.717) is 12.5 Å². The number of benzene rings is 2. The summed E-state index contributed by atoms with van der Waals surface area (Å²) in [6.07, 6.45) is 2.35. The number of carbonyl (C=O) groups is 1. The van der Waals surface area contributed by atoms with Crippen LogP contribution in [0.3, 0.4) is 0 Å². The Morgan fingerprint density at radius 3 is 2.44 bits per heavy atom. The van der Waals surface area contributed by atoms with Gasteiger partial charge in [0.25, 0.3) is 5.91 Å². The highest BCUT2D eigenvalue weighted by molar-refractivity contribution is 7.13. The summed E-state index contributed by atoms with van der Waals surface area (Å²) in [5.41, 5.74) is 2.79. The number of ether oxygens (including phenoxy) is 1. The summed E-state index contributed by atoms with van der Waals surface area (Å²) in [6, 6.07) is 23.1. The third kappa shape index (κ3) is 6.21. The van der Waals surface area contributed by atoms with Gasteiger partial charge in [-0.15, -0.1) is 11.3 Å². The molecule has 4 nitrogen and oxygen atoms in total. The van der Waals surface area contributed by atoms with Crippen LogP contribution in [0.1, 0.15) is 51.4 Å². The van der Waals surface area contributed by atoms with Crippen LogP contribution in [0.25, 0.3) is 0 Å². The van der Waals surface area contributed by atoms with Crippen LogP contribution in [0, 0.1) is 6.92 Å². The van der Waals surface area contributed by atoms with Crippen molar-refractivity contribution in [1.82, 2.24) is 10.2 Å². The lowest BCUT2D eigenvalue weighted by Gasteiger charge is -2.32. The molecule has 5 heteroatoms. The molecule has 0 spiro atoms. The van der Waals surface area contributed by atoms with E-state index in [-0.39, 0.29) is 12.0 Å². The molecule has 2 heterocycles. The molecule has 168 valence electrons. The highest BCUT2D eigenvalue weighted by Gasteiger charge is 2.20. The molecule has 1 amide bonds. The van der Waals surface area contributed by atoms with Crippen LogP contribution in [-0.4, -0.2) is 36.5 Å². The van der Waals surface area contributed by atoms with Crippen molar-refractivity contribution in [3.8, 4) is 5.75 Å². The van der Waals surface area contributed by atoms with Crippen molar-refractivity contribution in [2.75, 3.05) is 19.6 Å². The number of nitrogens with one attached hydrogen (secondary N) is 1. The molecule has 1 fully saturated rings. The van der Waals surface area contributed by atoms with Gasteiger partial charge in [0.05, 0.1) is 11.4 Å². The fraction of sp³-hybridized carbons (Fsp3) is 0.370. The van der Waals surface area contributed by atoms with Crippen molar-refractivity contribution in [3.05, 3.63) is 87.6 Å². The molecule has 0 unspecified atom stereocenters. The first-order valence-electron chi connectivity index (χ1n) is 11.4. The molecule has 0 saturated carbocycles. The summed E-state index contributed by atoms with van der Waals surface area (Å²) in [4.78, 5) is 16.6. The first-order valence-corrected chi connectivity index (χ1v) is 12.3. The van der Waals surface area contributed by atoms with Crippen LogP contribution in [0.2, 0.25) is 0 Å². The molecule has 1 aromatic heterocycles. The van der Waals surface area contributed by atoms with Crippen LogP contribution in [0.4, 0.5) is 0 Å². The van der Waals surface area contributed by atoms with Gasteiger partial charge < -0.3 is 10.1 Å². The molecule has 0 bridgehead atoms. The van der Waals surface area contributed by atoms with Crippen LogP contribution >= 0.6 is 11.3 Å². The number of rotatable bonds is 8. The molecule has 2 aromatic carbocycles. The molecule has 1 aliphatic rings. The number of hydrogen-bond donors (Lipinski definition) is 1. The second-order valence-corrected chi connectivity index (χ2v) is 9.94. The predicted molar refractivity (Wildman–Crippen MR) is 132 cm³/mol. The largest absolute Gasteiger partial charge is 0.489 e. The summed E-state index contributed by atoms with van der Waals surface area (Å²) >= 11 is 1.51. The Bertz CT molecular complexity index is 992. The molecule has 1 N–H and O–H groups in total. The van der Waals surface area contributed by atoms with Gasteiger partial charge in [-0.1, -0.05) is 42.5 Å². The minimum absolute atomic E-state index is 0.0371. The predicted octanol–water partition coefficient (Wildman–Crippen LogP) is 5.63. The van der Waals surface area contributed by atoms with Gasteiger partial charge in [0.2, 0.25) is 0 Å². The Morgan fingerprint density at radius 1 is 1.06 bits per heavy atom. The Hall–Kier alpha value is -2.63. The van der Waals surface area contributed by atoms with Crippen molar-refractivity contribution < 1.29 is 9.53 Å². The summed E-state index contributed by atoms with van der Waals surface area (Å²) in [6.45, 7) is 7.71. The number of carbonyl (C=O) groups excluding carboxylic acids is 1. The molecular formula is C27H32N2O2S. The molecule has 0 aliphatic carbocycles. The lowest BCUT2D eigenvalue weighted by atomic mass is 9.89. The smallest absolute Gasteiger partial charge is 0.261 e. The Morgan fingerprint density at radius 2 is 1.78 bits per heavy atom. The lowest BCUT2D eigenvalue weighted by molar-refractivity contribution is 0.0936. The number of aryl methyl sites for hydroxylation is 1. The number of nitrogens with zero attached hydrogens (tertiary/aromatic N) is 1. The molecule has 0 radical (unpaired) electrons. The second kappa shape index (κ2) is 10.8. The zero-order chi connectivity index (χ0) is 22.3. The van der Waals surface area contributed by atoms with E-state index in [9.17, 15) is 4.79 Å². The highest BCUT2D eigenvalue weighted by atomic mass is 32.1. The third-order valence-corrected chi connectivity index (χ3v) is 7.04. The van der Waals surface area contributed by atoms with E-state index in [4.69, 9.17) is 4.74 Å². The summed E-state index contributed by atoms with van der Waals surface area (Å²) in [5.74, 6) is 1.49. The minimum Gasteiger partial charge on any atom is -0.489 e. The number of likely N-dealkylation sites (tertiary alicyclic amines) is 1. The zero-order valence-electron chi connectivity index (χ0n) is 18.9. The molecular weight excluding hydrogens is 416 g/mol. The van der Waals surface area contributed by atoms with Crippen LogP contribution in [0.5, 0.6) is 5.75 Å². The van der Waals surface area contributed by atoms with E-state index in [0.717, 1.165) is 35.1 Å². The molecule has 1 saturated heterocycles. The fourth-order valence-corrected chi connectivity index (χ4v) is 5.02. The highest BCUT2D eigenvalue weighted by Crippen LogP contribution is 2.28. The summed E-state index contributed by atoms with van der Waals surface area (Å²) in [5, 5.41) is 2.95. The van der Waals surface area contributed by atoms with E-state index in [2.05, 4.69) is 52.7 Å². The van der Waals surface area contributed by atoms with Gasteiger partial charge in [-0.3, -0.25) is 9.69 Å². The van der Waals surface area contributed by atoms with Gasteiger partial charge in [-0.2, -0.15) is 0 Å². The Labute approximate surface area is 195 Å². The van der Waals surface area contributed by atoms with Gasteiger partial charge >= 0.3 is 0 Å². The standard InChI is InChI=1S/C27H32N2O2S/c1-20(18-28-27(30)26-13-8-21(2)32-26)31-25-11-9-22(10-12-25)19-29-16-14-24(15-17-29)23-6-4-3-5-7-23/h3-13,20,24H,14-19H2,1-2H3,(H,28,30)/t20-/m0/s1. The molecule has 3 aromatic rings. The van der Waals surface area contributed by atoms with Crippen molar-refractivity contribution in [3.63, 3.8) is 0 Å². The monoisotopic (exact) mass is 448 g/mol. The third-order valence-electron chi connectivity index (χ3n) is 6.04. The number of thiophene rings is 1. The average molecular weight is 449 g/mol. The Balaban J connectivity index is 1.20. The Kier molecular flexibility index (Phi) is 7.61. The van der Waals surface area contributed by atoms with E-state index < -0.39 is 0 Å². The van der Waals surface area contributed by atoms with Crippen LogP contribution in [-0.2, 0) is 6.54 Å². The van der Waals surface area contributed by atoms with Crippen molar-refractivity contribution >= 4 is 17.2 Å². The van der Waals surface area contributed by atoms with Gasteiger partial charge in [-0.25, -0.2) is 0 Å². The maximum atomic E-state index is 12.2. The van der Waals surface area contributed by atoms with E-state index in [1.165, 1.54) is 35.3 Å². The van der Waals surface area contributed by atoms with Gasteiger partial charge in [-0.05, 0) is 81.1 Å². The number of piperidine rings is 1. The van der Waals surface area contributed by atoms with Crippen LogP contribution in [0.15, 0.2) is 66.7 Å². The van der Waals surface area contributed by atoms with Gasteiger partial charge in [0, 0.05) is 11.4 Å². The zero-order valence-corrected chi connectivity index (χ0v) is 19.7.